The summed E-state index contributed by atoms with van der Waals surface area (Å²) in [7, 11) is 1.53. The Hall–Kier alpha value is -2.72. The van der Waals surface area contributed by atoms with Crippen molar-refractivity contribution in [2.45, 2.75) is 12.8 Å². The topological polar surface area (TPSA) is 84.3 Å². The molecule has 0 radical (unpaired) electrons. The average molecular weight is 299 g/mol. The molecule has 0 unspecified atom stereocenters. The van der Waals surface area contributed by atoms with Gasteiger partial charge in [0.05, 0.1) is 7.11 Å². The first-order chi connectivity index (χ1) is 10.7. The molecule has 22 heavy (non-hydrogen) atoms. The van der Waals surface area contributed by atoms with E-state index in [9.17, 15) is 4.79 Å². The molecule has 2 atom stereocenters. The number of nitrogens with zero attached hydrogens (tertiary/aromatic N) is 3. The van der Waals surface area contributed by atoms with E-state index < -0.39 is 5.97 Å². The molecule has 1 aliphatic rings. The van der Waals surface area contributed by atoms with Crippen molar-refractivity contribution in [3.63, 3.8) is 0 Å². The quantitative estimate of drug-likeness (QED) is 0.273. The molecule has 0 saturated carbocycles. The van der Waals surface area contributed by atoms with Crippen molar-refractivity contribution < 1.29 is 14.3 Å². The molecular formula is C16H17N3O3. The number of ether oxygens (including phenoxy) is 2. The molecule has 0 amide bonds. The fourth-order valence-corrected chi connectivity index (χ4v) is 2.45. The molecule has 2 rings (SSSR count). The van der Waals surface area contributed by atoms with Gasteiger partial charge in [0, 0.05) is 24.3 Å². The Labute approximate surface area is 128 Å². The zero-order valence-electron chi connectivity index (χ0n) is 12.5. The molecular weight excluding hydrogens is 282 g/mol. The van der Waals surface area contributed by atoms with Gasteiger partial charge >= 0.3 is 5.97 Å². The molecule has 0 saturated heterocycles. The second-order valence-electron chi connectivity index (χ2n) is 4.88. The third kappa shape index (κ3) is 3.68. The number of carbonyl (C=O) groups excluding carboxylic acids is 1. The van der Waals surface area contributed by atoms with Crippen molar-refractivity contribution in [1.82, 2.24) is 0 Å². The van der Waals surface area contributed by atoms with Crippen LogP contribution in [0.25, 0.3) is 10.4 Å². The predicted octanol–water partition coefficient (Wildman–Crippen LogP) is 3.76. The Morgan fingerprint density at radius 1 is 1.32 bits per heavy atom. The van der Waals surface area contributed by atoms with Crippen molar-refractivity contribution in [3.8, 4) is 11.5 Å². The van der Waals surface area contributed by atoms with Crippen LogP contribution in [0.15, 0.2) is 47.6 Å². The van der Waals surface area contributed by atoms with Crippen LogP contribution in [0, 0.1) is 5.92 Å². The van der Waals surface area contributed by atoms with E-state index >= 15 is 0 Å². The maximum atomic E-state index is 11.1. The van der Waals surface area contributed by atoms with Crippen LogP contribution in [0.1, 0.15) is 18.4 Å². The van der Waals surface area contributed by atoms with Crippen molar-refractivity contribution >= 4 is 5.97 Å². The Bertz CT molecular complexity index is 661. The monoisotopic (exact) mass is 299 g/mol. The van der Waals surface area contributed by atoms with Crippen LogP contribution in [0.2, 0.25) is 0 Å². The number of hydrogen-bond donors (Lipinski definition) is 0. The summed E-state index contributed by atoms with van der Waals surface area (Å²) in [6.45, 7) is 1.73. The van der Waals surface area contributed by atoms with E-state index in [0.717, 1.165) is 5.56 Å². The zero-order chi connectivity index (χ0) is 15.9. The lowest BCUT2D eigenvalue weighted by Gasteiger charge is -2.24. The van der Waals surface area contributed by atoms with Gasteiger partial charge in [0.2, 0.25) is 0 Å². The molecule has 114 valence electrons. The van der Waals surface area contributed by atoms with E-state index in [4.69, 9.17) is 15.0 Å². The SMILES string of the molecule is COc1cc([C@@H]2C=CC=C[C@H]2CN=[N+]=[N-])ccc1OC(C)=O. The third-order valence-electron chi connectivity index (χ3n) is 3.43. The lowest BCUT2D eigenvalue weighted by atomic mass is 9.83. The summed E-state index contributed by atoms with van der Waals surface area (Å²) in [5.41, 5.74) is 9.51. The normalized spacial score (nSPS) is 19.4. The molecule has 0 aromatic heterocycles. The molecule has 0 fully saturated rings. The van der Waals surface area contributed by atoms with Crippen molar-refractivity contribution in [1.29, 1.82) is 0 Å². The minimum atomic E-state index is -0.396. The molecule has 1 aliphatic carbocycles. The summed E-state index contributed by atoms with van der Waals surface area (Å²) >= 11 is 0. The molecule has 6 heteroatoms. The highest BCUT2D eigenvalue weighted by atomic mass is 16.6. The molecule has 1 aromatic rings. The number of allylic oxidation sites excluding steroid dienone is 3. The number of methoxy groups -OCH3 is 1. The first kappa shape index (κ1) is 15.7. The van der Waals surface area contributed by atoms with E-state index in [0.29, 0.717) is 18.0 Å². The standard InChI is InChI=1S/C16H17N3O3/c1-11(20)22-15-8-7-12(9-16(15)21-2)14-6-4-3-5-13(14)10-18-19-17/h3-9,13-14H,10H2,1-2H3/t13-,14-/m0/s1. The highest BCUT2D eigenvalue weighted by Crippen LogP contribution is 2.36. The van der Waals surface area contributed by atoms with Gasteiger partial charge in [-0.05, 0) is 29.1 Å². The van der Waals surface area contributed by atoms with Gasteiger partial charge in [0.15, 0.2) is 11.5 Å². The van der Waals surface area contributed by atoms with E-state index in [1.165, 1.54) is 14.0 Å². The van der Waals surface area contributed by atoms with Gasteiger partial charge in [0.1, 0.15) is 0 Å². The number of esters is 1. The van der Waals surface area contributed by atoms with Gasteiger partial charge < -0.3 is 9.47 Å². The average Bonchev–Trinajstić information content (AvgIpc) is 2.53. The first-order valence-electron chi connectivity index (χ1n) is 6.88. The maximum absolute atomic E-state index is 11.1. The number of rotatable bonds is 5. The van der Waals surface area contributed by atoms with E-state index in [2.05, 4.69) is 16.1 Å². The van der Waals surface area contributed by atoms with Crippen molar-refractivity contribution in [2.24, 2.45) is 11.0 Å². The van der Waals surface area contributed by atoms with Gasteiger partial charge in [-0.1, -0.05) is 35.5 Å². The lowest BCUT2D eigenvalue weighted by Crippen LogP contribution is -2.14. The van der Waals surface area contributed by atoms with Gasteiger partial charge in [-0.3, -0.25) is 4.79 Å². The van der Waals surface area contributed by atoms with Crippen LogP contribution in [-0.4, -0.2) is 19.6 Å². The molecule has 0 bridgehead atoms. The highest BCUT2D eigenvalue weighted by molar-refractivity contribution is 5.70. The smallest absolute Gasteiger partial charge is 0.308 e. The molecule has 0 heterocycles. The predicted molar refractivity (Wildman–Crippen MR) is 82.8 cm³/mol. The summed E-state index contributed by atoms with van der Waals surface area (Å²) in [6, 6.07) is 5.44. The fourth-order valence-electron chi connectivity index (χ4n) is 2.45. The van der Waals surface area contributed by atoms with Crippen molar-refractivity contribution in [3.05, 3.63) is 58.5 Å². The second-order valence-corrected chi connectivity index (χ2v) is 4.88. The Morgan fingerprint density at radius 3 is 2.77 bits per heavy atom. The number of benzene rings is 1. The number of carbonyl (C=O) groups is 1. The summed E-state index contributed by atoms with van der Waals surface area (Å²) < 4.78 is 10.4. The molecule has 0 spiro atoms. The second kappa shape index (κ2) is 7.33. The van der Waals surface area contributed by atoms with Crippen LogP contribution in [0.4, 0.5) is 0 Å². The van der Waals surface area contributed by atoms with Gasteiger partial charge in [-0.25, -0.2) is 0 Å². The van der Waals surface area contributed by atoms with Crippen LogP contribution in [-0.2, 0) is 4.79 Å². The molecule has 0 aliphatic heterocycles. The van der Waals surface area contributed by atoms with Crippen LogP contribution >= 0.6 is 0 Å². The van der Waals surface area contributed by atoms with E-state index in [-0.39, 0.29) is 11.8 Å². The fraction of sp³-hybridized carbons (Fsp3) is 0.312. The zero-order valence-corrected chi connectivity index (χ0v) is 12.5. The van der Waals surface area contributed by atoms with Crippen LogP contribution < -0.4 is 9.47 Å². The van der Waals surface area contributed by atoms with Crippen molar-refractivity contribution in [2.75, 3.05) is 13.7 Å². The van der Waals surface area contributed by atoms with E-state index in [1.54, 1.807) is 6.07 Å². The molecule has 6 nitrogen and oxygen atoms in total. The van der Waals surface area contributed by atoms with Gasteiger partial charge in [-0.2, -0.15) is 0 Å². The Morgan fingerprint density at radius 2 is 2.09 bits per heavy atom. The summed E-state index contributed by atoms with van der Waals surface area (Å²) in [4.78, 5) is 13.9. The van der Waals surface area contributed by atoms with Gasteiger partial charge in [-0.15, -0.1) is 0 Å². The van der Waals surface area contributed by atoms with Gasteiger partial charge in [0.25, 0.3) is 0 Å². The molecule has 0 N–H and O–H groups in total. The van der Waals surface area contributed by atoms with Crippen LogP contribution in [0.3, 0.4) is 0 Å². The number of hydrogen-bond acceptors (Lipinski definition) is 4. The minimum absolute atomic E-state index is 0.0794. The maximum Gasteiger partial charge on any atom is 0.308 e. The summed E-state index contributed by atoms with van der Waals surface area (Å²) in [6.07, 6.45) is 7.98. The summed E-state index contributed by atoms with van der Waals surface area (Å²) in [5.74, 6) is 0.660. The lowest BCUT2D eigenvalue weighted by molar-refractivity contribution is -0.132. The Balaban J connectivity index is 2.30. The Kier molecular flexibility index (Phi) is 5.22. The number of azide groups is 1. The highest BCUT2D eigenvalue weighted by Gasteiger charge is 2.21. The first-order valence-corrected chi connectivity index (χ1v) is 6.88. The van der Waals surface area contributed by atoms with E-state index in [1.807, 2.05) is 30.4 Å². The largest absolute Gasteiger partial charge is 0.493 e. The molecule has 1 aromatic carbocycles. The summed E-state index contributed by atoms with van der Waals surface area (Å²) in [5, 5.41) is 3.67. The minimum Gasteiger partial charge on any atom is -0.493 e. The third-order valence-corrected chi connectivity index (χ3v) is 3.43. The van der Waals surface area contributed by atoms with Crippen LogP contribution in [0.5, 0.6) is 11.5 Å².